The summed E-state index contributed by atoms with van der Waals surface area (Å²) in [5.74, 6) is -0.528. The van der Waals surface area contributed by atoms with Gasteiger partial charge in [0, 0.05) is 30.9 Å². The second-order valence-electron chi connectivity index (χ2n) is 6.30. The highest BCUT2D eigenvalue weighted by atomic mass is 19.4. The molecule has 0 unspecified atom stereocenters. The van der Waals surface area contributed by atoms with Crippen LogP contribution in [0.25, 0.3) is 5.65 Å². The molecule has 0 aromatic carbocycles. The van der Waals surface area contributed by atoms with Crippen molar-refractivity contribution in [2.24, 2.45) is 7.05 Å². The number of nitrogens with zero attached hydrogens (tertiary/aromatic N) is 5. The zero-order chi connectivity index (χ0) is 18.5. The van der Waals surface area contributed by atoms with E-state index in [9.17, 15) is 18.0 Å². The topological polar surface area (TPSA) is 77.1 Å². The fourth-order valence-corrected chi connectivity index (χ4v) is 2.71. The summed E-state index contributed by atoms with van der Waals surface area (Å²) in [7, 11) is 1.75. The van der Waals surface area contributed by atoms with Gasteiger partial charge in [0.25, 0.3) is 5.91 Å². The number of fused-ring (bicyclic) bond motifs is 1. The minimum Gasteiger partial charge on any atom is -0.345 e. The predicted octanol–water partition coefficient (Wildman–Crippen LogP) is 2.29. The lowest BCUT2D eigenvalue weighted by molar-refractivity contribution is -0.142. The summed E-state index contributed by atoms with van der Waals surface area (Å²) in [5.41, 5.74) is 0.00433. The molecule has 1 saturated carbocycles. The molecule has 26 heavy (non-hydrogen) atoms. The minimum atomic E-state index is -4.58. The lowest BCUT2D eigenvalue weighted by Crippen LogP contribution is -2.23. The van der Waals surface area contributed by atoms with Gasteiger partial charge < -0.3 is 5.32 Å². The van der Waals surface area contributed by atoms with Crippen molar-refractivity contribution < 1.29 is 18.0 Å². The molecular formula is C16H15F3N6O. The Labute approximate surface area is 145 Å². The van der Waals surface area contributed by atoms with Crippen molar-refractivity contribution in [3.63, 3.8) is 0 Å². The van der Waals surface area contributed by atoms with Crippen LogP contribution in [0.1, 0.15) is 46.3 Å². The standard InChI is InChI=1S/C16H15F3N6O/c1-24-5-4-10(22-24)8-20-15(26)12-7-14-21-11(9-2-3-9)6-13(16(17,18)19)25(14)23-12/h4-7,9H,2-3,8H2,1H3,(H,20,26). The van der Waals surface area contributed by atoms with Crippen molar-refractivity contribution in [3.05, 3.63) is 47.2 Å². The zero-order valence-corrected chi connectivity index (χ0v) is 13.8. The van der Waals surface area contributed by atoms with E-state index < -0.39 is 17.8 Å². The number of aromatic nitrogens is 5. The Balaban J connectivity index is 1.64. The van der Waals surface area contributed by atoms with E-state index in [-0.39, 0.29) is 23.8 Å². The van der Waals surface area contributed by atoms with Gasteiger partial charge in [-0.05, 0) is 25.0 Å². The van der Waals surface area contributed by atoms with Gasteiger partial charge in [0.15, 0.2) is 11.3 Å². The van der Waals surface area contributed by atoms with Crippen LogP contribution in [-0.2, 0) is 19.8 Å². The van der Waals surface area contributed by atoms with Crippen molar-refractivity contribution in [3.8, 4) is 0 Å². The van der Waals surface area contributed by atoms with Crippen LogP contribution in [0.5, 0.6) is 0 Å². The van der Waals surface area contributed by atoms with E-state index in [2.05, 4.69) is 20.5 Å². The minimum absolute atomic E-state index is 0.0183. The number of alkyl halides is 3. The summed E-state index contributed by atoms with van der Waals surface area (Å²) in [6.45, 7) is 0.153. The summed E-state index contributed by atoms with van der Waals surface area (Å²) >= 11 is 0. The number of carbonyl (C=O) groups is 1. The molecule has 1 amide bonds. The van der Waals surface area contributed by atoms with Crippen molar-refractivity contribution >= 4 is 11.6 Å². The van der Waals surface area contributed by atoms with Crippen LogP contribution < -0.4 is 5.32 Å². The number of hydrogen-bond acceptors (Lipinski definition) is 4. The van der Waals surface area contributed by atoms with Crippen LogP contribution in [0.2, 0.25) is 0 Å². The van der Waals surface area contributed by atoms with E-state index in [1.54, 1.807) is 24.0 Å². The molecule has 0 spiro atoms. The van der Waals surface area contributed by atoms with Gasteiger partial charge in [-0.15, -0.1) is 0 Å². The molecule has 1 fully saturated rings. The van der Waals surface area contributed by atoms with Gasteiger partial charge in [-0.1, -0.05) is 0 Å². The molecule has 1 N–H and O–H groups in total. The van der Waals surface area contributed by atoms with Gasteiger partial charge in [0.2, 0.25) is 0 Å². The van der Waals surface area contributed by atoms with Crippen molar-refractivity contribution in [2.45, 2.75) is 31.5 Å². The summed E-state index contributed by atoms with van der Waals surface area (Å²) in [6, 6.07) is 4.03. The average Bonchev–Trinajstić information content (AvgIpc) is 3.20. The number of nitrogens with one attached hydrogen (secondary N) is 1. The Morgan fingerprint density at radius 2 is 2.08 bits per heavy atom. The molecule has 0 atom stereocenters. The van der Waals surface area contributed by atoms with Gasteiger partial charge in [0.05, 0.1) is 12.2 Å². The second kappa shape index (κ2) is 5.82. The second-order valence-corrected chi connectivity index (χ2v) is 6.30. The maximum absolute atomic E-state index is 13.4. The highest BCUT2D eigenvalue weighted by molar-refractivity contribution is 5.93. The predicted molar refractivity (Wildman–Crippen MR) is 84.3 cm³/mol. The maximum Gasteiger partial charge on any atom is 0.433 e. The van der Waals surface area contributed by atoms with E-state index in [0.717, 1.165) is 18.9 Å². The first-order valence-corrected chi connectivity index (χ1v) is 8.06. The molecule has 4 rings (SSSR count). The quantitative estimate of drug-likeness (QED) is 0.771. The molecule has 0 radical (unpaired) electrons. The molecule has 0 saturated heterocycles. The summed E-state index contributed by atoms with van der Waals surface area (Å²) in [6.07, 6.45) is -1.21. The SMILES string of the molecule is Cn1ccc(CNC(=O)c2cc3nc(C4CC4)cc(C(F)(F)F)n3n2)n1. The largest absolute Gasteiger partial charge is 0.433 e. The number of rotatable bonds is 4. The van der Waals surface area contributed by atoms with Crippen LogP contribution >= 0.6 is 0 Å². The highest BCUT2D eigenvalue weighted by Crippen LogP contribution is 2.41. The number of carbonyl (C=O) groups excluding carboxylic acids is 1. The molecule has 3 aromatic rings. The normalized spacial score (nSPS) is 14.8. The first kappa shape index (κ1) is 16.6. The van der Waals surface area contributed by atoms with Crippen LogP contribution in [0.3, 0.4) is 0 Å². The molecule has 1 aliphatic rings. The third-order valence-corrected chi connectivity index (χ3v) is 4.16. The number of amides is 1. The van der Waals surface area contributed by atoms with E-state index in [0.29, 0.717) is 15.9 Å². The lowest BCUT2D eigenvalue weighted by atomic mass is 10.2. The number of aryl methyl sites for hydroxylation is 1. The Morgan fingerprint density at radius 3 is 2.69 bits per heavy atom. The molecule has 10 heteroatoms. The molecule has 0 bridgehead atoms. The molecule has 0 aliphatic heterocycles. The molecule has 136 valence electrons. The van der Waals surface area contributed by atoms with Gasteiger partial charge in [-0.25, -0.2) is 9.50 Å². The first-order valence-electron chi connectivity index (χ1n) is 8.06. The van der Waals surface area contributed by atoms with Crippen molar-refractivity contribution in [1.82, 2.24) is 29.7 Å². The Bertz CT molecular complexity index is 986. The highest BCUT2D eigenvalue weighted by Gasteiger charge is 2.37. The zero-order valence-electron chi connectivity index (χ0n) is 13.8. The summed E-state index contributed by atoms with van der Waals surface area (Å²) < 4.78 is 42.4. The van der Waals surface area contributed by atoms with Crippen LogP contribution in [-0.4, -0.2) is 30.3 Å². The van der Waals surface area contributed by atoms with Crippen LogP contribution in [0.15, 0.2) is 24.4 Å². The Hall–Kier alpha value is -2.91. The van der Waals surface area contributed by atoms with Crippen molar-refractivity contribution in [1.29, 1.82) is 0 Å². The smallest absolute Gasteiger partial charge is 0.345 e. The molecule has 3 aromatic heterocycles. The monoisotopic (exact) mass is 364 g/mol. The van der Waals surface area contributed by atoms with E-state index in [4.69, 9.17) is 0 Å². The maximum atomic E-state index is 13.4. The number of hydrogen-bond donors (Lipinski definition) is 1. The van der Waals surface area contributed by atoms with E-state index in [1.807, 2.05) is 0 Å². The third-order valence-electron chi connectivity index (χ3n) is 4.16. The van der Waals surface area contributed by atoms with Gasteiger partial charge >= 0.3 is 6.18 Å². The number of halogens is 3. The van der Waals surface area contributed by atoms with Crippen LogP contribution in [0.4, 0.5) is 13.2 Å². The van der Waals surface area contributed by atoms with Gasteiger partial charge in [0.1, 0.15) is 5.69 Å². The molecule has 1 aliphatic carbocycles. The molecule has 3 heterocycles. The van der Waals surface area contributed by atoms with Gasteiger partial charge in [-0.3, -0.25) is 9.48 Å². The third kappa shape index (κ3) is 3.14. The summed E-state index contributed by atoms with van der Waals surface area (Å²) in [4.78, 5) is 16.5. The van der Waals surface area contributed by atoms with E-state index >= 15 is 0 Å². The fourth-order valence-electron chi connectivity index (χ4n) is 2.71. The summed E-state index contributed by atoms with van der Waals surface area (Å²) in [5, 5.41) is 10.5. The van der Waals surface area contributed by atoms with Crippen molar-refractivity contribution in [2.75, 3.05) is 0 Å². The molecule has 7 nitrogen and oxygen atoms in total. The van der Waals surface area contributed by atoms with Gasteiger partial charge in [-0.2, -0.15) is 23.4 Å². The average molecular weight is 364 g/mol. The fraction of sp³-hybridized carbons (Fsp3) is 0.375. The first-order chi connectivity index (χ1) is 12.3. The molecular weight excluding hydrogens is 349 g/mol. The van der Waals surface area contributed by atoms with Crippen LogP contribution in [0, 0.1) is 0 Å². The van der Waals surface area contributed by atoms with E-state index in [1.165, 1.54) is 6.07 Å². The lowest BCUT2D eigenvalue weighted by Gasteiger charge is -2.10. The Morgan fingerprint density at radius 1 is 1.31 bits per heavy atom. The Kier molecular flexibility index (Phi) is 3.70.